The van der Waals surface area contributed by atoms with E-state index in [-0.39, 0.29) is 31.8 Å². The smallest absolute Gasteiger partial charge is 0.326 e. The van der Waals surface area contributed by atoms with Gasteiger partial charge in [0.05, 0.1) is 6.04 Å². The molecule has 0 saturated heterocycles. The summed E-state index contributed by atoms with van der Waals surface area (Å²) < 4.78 is 0. The van der Waals surface area contributed by atoms with Crippen molar-refractivity contribution in [1.82, 2.24) is 20.9 Å². The highest BCUT2D eigenvalue weighted by Gasteiger charge is 2.32. The standard InChI is InChI=1S/C27H40N8O7/c1-14(2)22(35-23(38)17(28)7-5-11-31-27(29)30)25(40)34-20(12-15-13-32-18-8-4-3-6-16(15)18)24(39)33-19(26(41)42)9-10-21(36)37/h3-4,6,8,13-14,17,19-20,22,32H,5,7,9-12,28H2,1-2H3,(H,33,39)(H,34,40)(H,35,38)(H,36,37)(H,41,42)(H4,29,30,31). The number of aliphatic imine (C=N–C) groups is 1. The summed E-state index contributed by atoms with van der Waals surface area (Å²) >= 11 is 0. The molecule has 0 bridgehead atoms. The van der Waals surface area contributed by atoms with Crippen LogP contribution in [-0.4, -0.2) is 81.5 Å². The SMILES string of the molecule is CC(C)C(NC(=O)C(N)CCCN=C(N)N)C(=O)NC(Cc1c[nH]c2ccccc12)C(=O)NC(CCC(=O)O)C(=O)O. The minimum atomic E-state index is -1.49. The van der Waals surface area contributed by atoms with Crippen LogP contribution < -0.4 is 33.2 Å². The van der Waals surface area contributed by atoms with E-state index in [1.54, 1.807) is 20.0 Å². The van der Waals surface area contributed by atoms with Crippen molar-refractivity contribution in [3.05, 3.63) is 36.0 Å². The average Bonchev–Trinajstić information content (AvgIpc) is 3.33. The van der Waals surface area contributed by atoms with E-state index in [4.69, 9.17) is 22.3 Å². The molecule has 4 atom stereocenters. The van der Waals surface area contributed by atoms with Crippen molar-refractivity contribution in [3.8, 4) is 0 Å². The first kappa shape index (κ1) is 33.5. The van der Waals surface area contributed by atoms with Crippen LogP contribution in [0.25, 0.3) is 10.9 Å². The highest BCUT2D eigenvalue weighted by atomic mass is 16.4. The Kier molecular flexibility index (Phi) is 12.7. The molecule has 42 heavy (non-hydrogen) atoms. The van der Waals surface area contributed by atoms with Gasteiger partial charge in [0.1, 0.15) is 18.1 Å². The molecule has 3 amide bonds. The molecule has 0 aliphatic rings. The van der Waals surface area contributed by atoms with E-state index in [0.29, 0.717) is 12.0 Å². The fraction of sp³-hybridized carbons (Fsp3) is 0.481. The molecule has 0 spiro atoms. The summed E-state index contributed by atoms with van der Waals surface area (Å²) in [4.78, 5) is 69.1. The van der Waals surface area contributed by atoms with Crippen LogP contribution in [0.15, 0.2) is 35.5 Å². The Morgan fingerprint density at radius 1 is 0.929 bits per heavy atom. The van der Waals surface area contributed by atoms with Crippen LogP contribution in [0.2, 0.25) is 0 Å². The van der Waals surface area contributed by atoms with Crippen molar-refractivity contribution in [2.45, 2.75) is 70.1 Å². The van der Waals surface area contributed by atoms with Crippen molar-refractivity contribution in [2.24, 2.45) is 28.1 Å². The summed E-state index contributed by atoms with van der Waals surface area (Å²) in [7, 11) is 0. The number of carbonyl (C=O) groups excluding carboxylic acids is 3. The molecule has 12 N–H and O–H groups in total. The molecule has 15 nitrogen and oxygen atoms in total. The summed E-state index contributed by atoms with van der Waals surface area (Å²) in [5.41, 5.74) is 18.0. The Labute approximate surface area is 242 Å². The van der Waals surface area contributed by atoms with Gasteiger partial charge in [-0.3, -0.25) is 24.2 Å². The fourth-order valence-electron chi connectivity index (χ4n) is 4.23. The number of guanidine groups is 1. The number of para-hydroxylation sites is 1. The van der Waals surface area contributed by atoms with E-state index in [1.807, 2.05) is 24.3 Å². The van der Waals surface area contributed by atoms with Crippen molar-refractivity contribution in [3.63, 3.8) is 0 Å². The van der Waals surface area contributed by atoms with Gasteiger partial charge in [-0.05, 0) is 36.8 Å². The van der Waals surface area contributed by atoms with Crippen LogP contribution in [0.3, 0.4) is 0 Å². The molecule has 0 aliphatic heterocycles. The van der Waals surface area contributed by atoms with Gasteiger partial charge in [-0.25, -0.2) is 4.79 Å². The lowest BCUT2D eigenvalue weighted by atomic mass is 9.99. The van der Waals surface area contributed by atoms with Gasteiger partial charge >= 0.3 is 11.9 Å². The number of carbonyl (C=O) groups is 5. The van der Waals surface area contributed by atoms with Gasteiger partial charge in [-0.1, -0.05) is 32.0 Å². The number of nitrogens with two attached hydrogens (primary N) is 3. The number of carboxylic acid groups (broad SMARTS) is 2. The molecular formula is C27H40N8O7. The van der Waals surface area contributed by atoms with Gasteiger partial charge in [-0.15, -0.1) is 0 Å². The molecule has 2 rings (SSSR count). The van der Waals surface area contributed by atoms with Crippen molar-refractivity contribution < 1.29 is 34.2 Å². The second-order valence-corrected chi connectivity index (χ2v) is 10.2. The quantitative estimate of drug-likeness (QED) is 0.0627. The molecule has 0 aliphatic carbocycles. The fourth-order valence-corrected chi connectivity index (χ4v) is 4.23. The minimum absolute atomic E-state index is 0.0179. The van der Waals surface area contributed by atoms with Gasteiger partial charge in [0.25, 0.3) is 0 Å². The van der Waals surface area contributed by atoms with Crippen LogP contribution in [0.5, 0.6) is 0 Å². The molecule has 1 heterocycles. The number of aliphatic carboxylic acids is 2. The van der Waals surface area contributed by atoms with Crippen LogP contribution in [0.1, 0.15) is 45.1 Å². The number of amides is 3. The Morgan fingerprint density at radius 2 is 1.60 bits per heavy atom. The van der Waals surface area contributed by atoms with E-state index in [0.717, 1.165) is 10.9 Å². The lowest BCUT2D eigenvalue weighted by Gasteiger charge is -2.27. The number of fused-ring (bicyclic) bond motifs is 1. The molecule has 0 saturated carbocycles. The molecule has 2 aromatic rings. The zero-order valence-electron chi connectivity index (χ0n) is 23.6. The first-order chi connectivity index (χ1) is 19.8. The van der Waals surface area contributed by atoms with Gasteiger partial charge < -0.3 is 48.3 Å². The number of carboxylic acids is 2. The maximum atomic E-state index is 13.4. The van der Waals surface area contributed by atoms with E-state index in [9.17, 15) is 29.1 Å². The summed E-state index contributed by atoms with van der Waals surface area (Å²) in [5.74, 6) is -5.19. The first-order valence-electron chi connectivity index (χ1n) is 13.5. The first-order valence-corrected chi connectivity index (χ1v) is 13.5. The molecule has 1 aromatic heterocycles. The van der Waals surface area contributed by atoms with Gasteiger partial charge in [0.15, 0.2) is 5.96 Å². The second-order valence-electron chi connectivity index (χ2n) is 10.2. The number of aromatic nitrogens is 1. The molecule has 4 unspecified atom stereocenters. The Hall–Kier alpha value is -4.66. The Morgan fingerprint density at radius 3 is 2.21 bits per heavy atom. The average molecular weight is 589 g/mol. The number of nitrogens with one attached hydrogen (secondary N) is 4. The number of hydrogen-bond donors (Lipinski definition) is 9. The number of H-pyrrole nitrogens is 1. The third-order valence-corrected chi connectivity index (χ3v) is 6.54. The van der Waals surface area contributed by atoms with Gasteiger partial charge in [-0.2, -0.15) is 0 Å². The summed E-state index contributed by atoms with van der Waals surface area (Å²) in [5, 5.41) is 26.9. The Balaban J connectivity index is 2.23. The number of rotatable bonds is 17. The van der Waals surface area contributed by atoms with E-state index < -0.39 is 66.2 Å². The van der Waals surface area contributed by atoms with Crippen LogP contribution >= 0.6 is 0 Å². The predicted molar refractivity (Wildman–Crippen MR) is 155 cm³/mol. The normalized spacial score (nSPS) is 13.9. The third-order valence-electron chi connectivity index (χ3n) is 6.54. The Bertz CT molecular complexity index is 1290. The predicted octanol–water partition coefficient (Wildman–Crippen LogP) is -0.849. The highest BCUT2D eigenvalue weighted by molar-refractivity contribution is 5.95. The van der Waals surface area contributed by atoms with Gasteiger partial charge in [0.2, 0.25) is 17.7 Å². The maximum absolute atomic E-state index is 13.4. The van der Waals surface area contributed by atoms with Crippen LogP contribution in [-0.2, 0) is 30.4 Å². The second kappa shape index (κ2) is 16.0. The summed E-state index contributed by atoms with van der Waals surface area (Å²) in [6.07, 6.45) is 1.52. The van der Waals surface area contributed by atoms with Crippen LogP contribution in [0, 0.1) is 5.92 Å². The molecule has 0 fully saturated rings. The maximum Gasteiger partial charge on any atom is 0.326 e. The molecular weight excluding hydrogens is 548 g/mol. The number of benzene rings is 1. The summed E-state index contributed by atoms with van der Waals surface area (Å²) in [6.45, 7) is 3.69. The van der Waals surface area contributed by atoms with Crippen LogP contribution in [0.4, 0.5) is 0 Å². The monoisotopic (exact) mass is 588 g/mol. The van der Waals surface area contributed by atoms with Crippen molar-refractivity contribution in [2.75, 3.05) is 6.54 Å². The molecule has 1 aromatic carbocycles. The zero-order chi connectivity index (χ0) is 31.4. The van der Waals surface area contributed by atoms with E-state index in [2.05, 4.69) is 25.9 Å². The minimum Gasteiger partial charge on any atom is -0.481 e. The lowest BCUT2D eigenvalue weighted by molar-refractivity contribution is -0.143. The van der Waals surface area contributed by atoms with Gasteiger partial charge in [0, 0.05) is 36.5 Å². The molecule has 0 radical (unpaired) electrons. The third kappa shape index (κ3) is 10.4. The highest BCUT2D eigenvalue weighted by Crippen LogP contribution is 2.19. The summed E-state index contributed by atoms with van der Waals surface area (Å²) in [6, 6.07) is 2.55. The topological polar surface area (TPSA) is 268 Å². The zero-order valence-corrected chi connectivity index (χ0v) is 23.6. The van der Waals surface area contributed by atoms with E-state index >= 15 is 0 Å². The lowest BCUT2D eigenvalue weighted by Crippen LogP contribution is -2.58. The molecule has 230 valence electrons. The van der Waals surface area contributed by atoms with Crippen molar-refractivity contribution >= 4 is 46.5 Å². The van der Waals surface area contributed by atoms with Crippen molar-refractivity contribution in [1.29, 1.82) is 0 Å². The number of hydrogen-bond acceptors (Lipinski definition) is 7. The number of aromatic amines is 1. The largest absolute Gasteiger partial charge is 0.481 e. The molecule has 15 heteroatoms. The van der Waals surface area contributed by atoms with E-state index in [1.165, 1.54) is 0 Å². The number of nitrogens with zero attached hydrogens (tertiary/aromatic N) is 1.